The van der Waals surface area contributed by atoms with Gasteiger partial charge in [0.1, 0.15) is 0 Å². The summed E-state index contributed by atoms with van der Waals surface area (Å²) in [6.07, 6.45) is 2.21. The molecule has 24 heavy (non-hydrogen) atoms. The molecule has 3 heteroatoms. The minimum Gasteiger partial charge on any atom is -0.306 e. The van der Waals surface area contributed by atoms with Crippen molar-refractivity contribution in [1.82, 2.24) is 4.90 Å². The first-order valence-corrected chi connectivity index (χ1v) is 8.83. The smallest absolute Gasteiger partial charge is 0.258 e. The second kappa shape index (κ2) is 6.06. The van der Waals surface area contributed by atoms with Crippen LogP contribution in [0.1, 0.15) is 40.2 Å². The molecule has 0 aliphatic carbocycles. The summed E-state index contributed by atoms with van der Waals surface area (Å²) in [7, 11) is 2.19. The first-order valence-electron chi connectivity index (χ1n) is 8.83. The third-order valence-electron chi connectivity index (χ3n) is 5.43. The molecule has 0 N–H and O–H groups in total. The summed E-state index contributed by atoms with van der Waals surface area (Å²) in [5.41, 5.74) is 4.51. The average Bonchev–Trinajstić information content (AvgIpc) is 2.74. The number of likely N-dealkylation sites (N-methyl/N-ethyl adjacent to an activating group) is 1. The Morgan fingerprint density at radius 2 is 1.92 bits per heavy atom. The number of carbonyl (C=O) groups is 1. The zero-order chi connectivity index (χ0) is 16.7. The van der Waals surface area contributed by atoms with E-state index in [2.05, 4.69) is 42.0 Å². The highest BCUT2D eigenvalue weighted by atomic mass is 16.2. The van der Waals surface area contributed by atoms with Crippen LogP contribution >= 0.6 is 0 Å². The highest BCUT2D eigenvalue weighted by molar-refractivity contribution is 6.08. The molecule has 124 valence electrons. The zero-order valence-corrected chi connectivity index (χ0v) is 14.4. The number of carbonyl (C=O) groups excluding carboxylic acids is 1. The Bertz CT molecular complexity index is 756. The number of amides is 1. The lowest BCUT2D eigenvalue weighted by molar-refractivity contribution is 0.0976. The van der Waals surface area contributed by atoms with Gasteiger partial charge in [-0.05, 0) is 57.1 Å². The fraction of sp³-hybridized carbons (Fsp3) is 0.381. The second-order valence-corrected chi connectivity index (χ2v) is 7.18. The monoisotopic (exact) mass is 320 g/mol. The maximum atomic E-state index is 13.3. The molecular formula is C21H24N2O. The highest BCUT2D eigenvalue weighted by Crippen LogP contribution is 2.45. The number of nitrogens with zero attached hydrogens (tertiary/aromatic N) is 2. The van der Waals surface area contributed by atoms with Gasteiger partial charge in [-0.3, -0.25) is 4.79 Å². The SMILES string of the molecule is Cc1ccc2c(c1)[C@@H]1CN(C)CCC[C@H]1N2C(=O)c1ccccc1. The van der Waals surface area contributed by atoms with Crippen LogP contribution < -0.4 is 4.90 Å². The lowest BCUT2D eigenvalue weighted by atomic mass is 9.92. The summed E-state index contributed by atoms with van der Waals surface area (Å²) in [5, 5.41) is 0. The molecule has 0 bridgehead atoms. The molecular weight excluding hydrogens is 296 g/mol. The van der Waals surface area contributed by atoms with Gasteiger partial charge in [-0.15, -0.1) is 0 Å². The second-order valence-electron chi connectivity index (χ2n) is 7.18. The Labute approximate surface area is 143 Å². The summed E-state index contributed by atoms with van der Waals surface area (Å²) >= 11 is 0. The van der Waals surface area contributed by atoms with E-state index in [1.165, 1.54) is 11.1 Å². The molecule has 0 aromatic heterocycles. The number of benzene rings is 2. The van der Waals surface area contributed by atoms with Gasteiger partial charge in [0.15, 0.2) is 0 Å². The van der Waals surface area contributed by atoms with E-state index in [1.54, 1.807) is 0 Å². The van der Waals surface area contributed by atoms with E-state index in [-0.39, 0.29) is 11.9 Å². The predicted molar refractivity (Wildman–Crippen MR) is 97.7 cm³/mol. The van der Waals surface area contributed by atoms with Crippen LogP contribution in [0, 0.1) is 6.92 Å². The number of aryl methyl sites for hydroxylation is 1. The van der Waals surface area contributed by atoms with Crippen LogP contribution in [-0.2, 0) is 0 Å². The normalized spacial score (nSPS) is 23.5. The molecule has 3 nitrogen and oxygen atoms in total. The number of likely N-dealkylation sites (tertiary alicyclic amines) is 1. The van der Waals surface area contributed by atoms with Crippen molar-refractivity contribution in [3.63, 3.8) is 0 Å². The highest BCUT2D eigenvalue weighted by Gasteiger charge is 2.42. The topological polar surface area (TPSA) is 23.6 Å². The quantitative estimate of drug-likeness (QED) is 0.797. The van der Waals surface area contributed by atoms with Crippen molar-refractivity contribution >= 4 is 11.6 Å². The number of fused-ring (bicyclic) bond motifs is 3. The van der Waals surface area contributed by atoms with Gasteiger partial charge in [0, 0.05) is 29.8 Å². The molecule has 2 atom stereocenters. The van der Waals surface area contributed by atoms with Crippen molar-refractivity contribution in [1.29, 1.82) is 0 Å². The van der Waals surface area contributed by atoms with Gasteiger partial charge in [-0.1, -0.05) is 35.9 Å². The summed E-state index contributed by atoms with van der Waals surface area (Å²) in [6.45, 7) is 4.28. The van der Waals surface area contributed by atoms with Crippen molar-refractivity contribution < 1.29 is 4.79 Å². The lowest BCUT2D eigenvalue weighted by Gasteiger charge is -2.28. The predicted octanol–water partition coefficient (Wildman–Crippen LogP) is 3.83. The van der Waals surface area contributed by atoms with E-state index in [9.17, 15) is 4.79 Å². The largest absolute Gasteiger partial charge is 0.306 e. The van der Waals surface area contributed by atoms with Crippen LogP contribution in [0.15, 0.2) is 48.5 Å². The van der Waals surface area contributed by atoms with Gasteiger partial charge in [0.25, 0.3) is 5.91 Å². The van der Waals surface area contributed by atoms with E-state index in [0.29, 0.717) is 5.92 Å². The Morgan fingerprint density at radius 1 is 1.12 bits per heavy atom. The molecule has 2 heterocycles. The van der Waals surface area contributed by atoms with Crippen LogP contribution in [0.5, 0.6) is 0 Å². The number of anilines is 1. The minimum atomic E-state index is 0.137. The maximum Gasteiger partial charge on any atom is 0.258 e. The van der Waals surface area contributed by atoms with E-state index in [4.69, 9.17) is 0 Å². The summed E-state index contributed by atoms with van der Waals surface area (Å²) < 4.78 is 0. The Kier molecular flexibility index (Phi) is 3.89. The van der Waals surface area contributed by atoms with Crippen LogP contribution in [0.4, 0.5) is 5.69 Å². The van der Waals surface area contributed by atoms with E-state index >= 15 is 0 Å². The van der Waals surface area contributed by atoms with Crippen LogP contribution in [0.2, 0.25) is 0 Å². The molecule has 0 unspecified atom stereocenters. The van der Waals surface area contributed by atoms with Crippen molar-refractivity contribution in [3.8, 4) is 0 Å². The standard InChI is InChI=1S/C21H24N2O/c1-15-10-11-20-17(13-15)18-14-22(2)12-6-9-19(18)23(20)21(24)16-7-4-3-5-8-16/h3-5,7-8,10-11,13,18-19H,6,9,12,14H2,1-2H3/t18-,19+/m0/s1. The van der Waals surface area contributed by atoms with Crippen molar-refractivity contribution in [2.24, 2.45) is 0 Å². The van der Waals surface area contributed by atoms with Crippen molar-refractivity contribution in [3.05, 3.63) is 65.2 Å². The van der Waals surface area contributed by atoms with Crippen LogP contribution in [0.25, 0.3) is 0 Å². The number of hydrogen-bond acceptors (Lipinski definition) is 2. The maximum absolute atomic E-state index is 13.3. The van der Waals surface area contributed by atoms with Gasteiger partial charge in [-0.2, -0.15) is 0 Å². The molecule has 2 aliphatic heterocycles. The summed E-state index contributed by atoms with van der Waals surface area (Å²) in [6, 6.07) is 16.5. The van der Waals surface area contributed by atoms with Gasteiger partial charge in [0.05, 0.1) is 0 Å². The molecule has 2 aliphatic rings. The molecule has 4 rings (SSSR count). The molecule has 1 saturated heterocycles. The third-order valence-corrected chi connectivity index (χ3v) is 5.43. The van der Waals surface area contributed by atoms with Gasteiger partial charge >= 0.3 is 0 Å². The van der Waals surface area contributed by atoms with E-state index < -0.39 is 0 Å². The van der Waals surface area contributed by atoms with Gasteiger partial charge < -0.3 is 9.80 Å². The average molecular weight is 320 g/mol. The molecule has 0 radical (unpaired) electrons. The Hall–Kier alpha value is -2.13. The molecule has 1 fully saturated rings. The fourth-order valence-electron chi connectivity index (χ4n) is 4.28. The molecule has 0 saturated carbocycles. The fourth-order valence-corrected chi connectivity index (χ4v) is 4.28. The Balaban J connectivity index is 1.80. The lowest BCUT2D eigenvalue weighted by Crippen LogP contribution is -2.40. The van der Waals surface area contributed by atoms with Crippen LogP contribution in [-0.4, -0.2) is 37.0 Å². The number of rotatable bonds is 1. The number of hydrogen-bond donors (Lipinski definition) is 0. The molecule has 0 spiro atoms. The van der Waals surface area contributed by atoms with Crippen LogP contribution in [0.3, 0.4) is 0 Å². The van der Waals surface area contributed by atoms with Gasteiger partial charge in [-0.25, -0.2) is 0 Å². The summed E-state index contributed by atoms with van der Waals surface area (Å²) in [4.78, 5) is 17.7. The first-order chi connectivity index (χ1) is 11.6. The minimum absolute atomic E-state index is 0.137. The Morgan fingerprint density at radius 3 is 2.71 bits per heavy atom. The first kappa shape index (κ1) is 15.4. The third kappa shape index (κ3) is 2.53. The van der Waals surface area contributed by atoms with Gasteiger partial charge in [0.2, 0.25) is 0 Å². The molecule has 1 amide bonds. The molecule has 2 aromatic carbocycles. The molecule has 2 aromatic rings. The summed E-state index contributed by atoms with van der Waals surface area (Å²) in [5.74, 6) is 0.554. The van der Waals surface area contributed by atoms with E-state index in [1.807, 2.05) is 30.3 Å². The zero-order valence-electron chi connectivity index (χ0n) is 14.4. The van der Waals surface area contributed by atoms with E-state index in [0.717, 1.165) is 37.2 Å². The van der Waals surface area contributed by atoms with Crippen molar-refractivity contribution in [2.75, 3.05) is 25.0 Å². The van der Waals surface area contributed by atoms with Crippen molar-refractivity contribution in [2.45, 2.75) is 31.7 Å².